The Bertz CT molecular complexity index is 867. The molecule has 2 atom stereocenters. The van der Waals surface area contributed by atoms with Crippen molar-refractivity contribution in [1.29, 1.82) is 0 Å². The Morgan fingerprint density at radius 3 is 1.19 bits per heavy atom. The monoisotopic (exact) mass is 423 g/mol. The highest BCUT2D eigenvalue weighted by Gasteiger charge is 2.20. The van der Waals surface area contributed by atoms with Crippen LogP contribution in [0.4, 0.5) is 11.4 Å². The Balaban J connectivity index is 2.30. The number of hydrogen-bond donors (Lipinski definition) is 1. The van der Waals surface area contributed by atoms with Crippen molar-refractivity contribution in [3.8, 4) is 0 Å². The van der Waals surface area contributed by atoms with Crippen LogP contribution < -0.4 is 5.32 Å². The standard InChI is InChI=1S/C26H37N3O2/c1-15-11-17(3)23(18(4)12-15)27-21(7)25(30-9)29-26(31-10)22(8)28-24-19(5)13-16(2)14-20(24)6/h11-14,25-26,29H,1-10H3. The van der Waals surface area contributed by atoms with Crippen LogP contribution in [-0.2, 0) is 9.47 Å². The number of aliphatic imine (C=N–C) groups is 2. The van der Waals surface area contributed by atoms with Gasteiger partial charge in [0.25, 0.3) is 0 Å². The number of hydrogen-bond acceptors (Lipinski definition) is 5. The molecule has 0 aliphatic rings. The maximum atomic E-state index is 5.71. The first kappa shape index (κ1) is 24.9. The Morgan fingerprint density at radius 2 is 0.935 bits per heavy atom. The van der Waals surface area contributed by atoms with E-state index in [0.717, 1.165) is 45.1 Å². The summed E-state index contributed by atoms with van der Waals surface area (Å²) in [6, 6.07) is 8.59. The van der Waals surface area contributed by atoms with Crippen LogP contribution in [0.1, 0.15) is 47.2 Å². The van der Waals surface area contributed by atoms with Crippen molar-refractivity contribution >= 4 is 22.8 Å². The number of benzene rings is 2. The maximum absolute atomic E-state index is 5.71. The molecule has 5 heteroatoms. The lowest BCUT2D eigenvalue weighted by Gasteiger charge is -2.24. The molecule has 168 valence electrons. The van der Waals surface area contributed by atoms with E-state index in [0.29, 0.717) is 0 Å². The van der Waals surface area contributed by atoms with Gasteiger partial charge in [0, 0.05) is 14.2 Å². The van der Waals surface area contributed by atoms with Gasteiger partial charge < -0.3 is 9.47 Å². The lowest BCUT2D eigenvalue weighted by atomic mass is 10.1. The van der Waals surface area contributed by atoms with Gasteiger partial charge >= 0.3 is 0 Å². The molecule has 1 N–H and O–H groups in total. The molecule has 0 spiro atoms. The molecule has 0 amide bonds. The lowest BCUT2D eigenvalue weighted by molar-refractivity contribution is 0.0517. The van der Waals surface area contributed by atoms with Gasteiger partial charge in [0.05, 0.1) is 22.8 Å². The second-order valence-corrected chi connectivity index (χ2v) is 8.40. The van der Waals surface area contributed by atoms with E-state index in [2.05, 4.69) is 71.1 Å². The average Bonchev–Trinajstić information content (AvgIpc) is 2.68. The van der Waals surface area contributed by atoms with Gasteiger partial charge in [0.1, 0.15) is 12.5 Å². The molecule has 0 saturated heterocycles. The van der Waals surface area contributed by atoms with E-state index in [-0.39, 0.29) is 0 Å². The van der Waals surface area contributed by atoms with Crippen molar-refractivity contribution in [2.75, 3.05) is 14.2 Å². The molecule has 31 heavy (non-hydrogen) atoms. The minimum Gasteiger partial charge on any atom is -0.361 e. The van der Waals surface area contributed by atoms with Crippen molar-refractivity contribution in [2.45, 2.75) is 67.8 Å². The van der Waals surface area contributed by atoms with Crippen molar-refractivity contribution in [3.63, 3.8) is 0 Å². The van der Waals surface area contributed by atoms with Crippen molar-refractivity contribution in [1.82, 2.24) is 5.32 Å². The fraction of sp³-hybridized carbons (Fsp3) is 0.462. The van der Waals surface area contributed by atoms with Crippen LogP contribution in [0.5, 0.6) is 0 Å². The summed E-state index contributed by atoms with van der Waals surface area (Å²) in [6.45, 7) is 16.5. The number of nitrogens with zero attached hydrogens (tertiary/aromatic N) is 2. The molecule has 2 aromatic rings. The van der Waals surface area contributed by atoms with Crippen molar-refractivity contribution < 1.29 is 9.47 Å². The molecule has 5 nitrogen and oxygen atoms in total. The molecular weight excluding hydrogens is 386 g/mol. The summed E-state index contributed by atoms with van der Waals surface area (Å²) in [5, 5.41) is 3.39. The molecule has 0 saturated carbocycles. The van der Waals surface area contributed by atoms with E-state index in [9.17, 15) is 0 Å². The van der Waals surface area contributed by atoms with Gasteiger partial charge in [-0.1, -0.05) is 35.4 Å². The van der Waals surface area contributed by atoms with E-state index in [1.54, 1.807) is 14.2 Å². The summed E-state index contributed by atoms with van der Waals surface area (Å²) in [5.41, 5.74) is 10.7. The Hall–Kier alpha value is -2.34. The number of ether oxygens (including phenoxy) is 2. The summed E-state index contributed by atoms with van der Waals surface area (Å²) in [5.74, 6) is 0. The van der Waals surface area contributed by atoms with Crippen LogP contribution in [0.3, 0.4) is 0 Å². The van der Waals surface area contributed by atoms with E-state index in [1.165, 1.54) is 11.1 Å². The minimum absolute atomic E-state index is 0.407. The molecule has 2 unspecified atom stereocenters. The van der Waals surface area contributed by atoms with Crippen LogP contribution in [-0.4, -0.2) is 38.1 Å². The zero-order valence-electron chi connectivity index (χ0n) is 20.7. The Morgan fingerprint density at radius 1 is 0.645 bits per heavy atom. The van der Waals surface area contributed by atoms with Crippen molar-refractivity contribution in [2.24, 2.45) is 9.98 Å². The summed E-state index contributed by atoms with van der Waals surface area (Å²) < 4.78 is 11.4. The zero-order valence-corrected chi connectivity index (χ0v) is 20.7. The quantitative estimate of drug-likeness (QED) is 0.421. The zero-order chi connectivity index (χ0) is 23.3. The summed E-state index contributed by atoms with van der Waals surface area (Å²) in [6.07, 6.45) is -0.814. The van der Waals surface area contributed by atoms with Gasteiger partial charge in [-0.05, 0) is 77.6 Å². The van der Waals surface area contributed by atoms with E-state index < -0.39 is 12.5 Å². The highest BCUT2D eigenvalue weighted by Crippen LogP contribution is 2.27. The van der Waals surface area contributed by atoms with Gasteiger partial charge in [0.2, 0.25) is 0 Å². The lowest BCUT2D eigenvalue weighted by Crippen LogP contribution is -2.47. The van der Waals surface area contributed by atoms with Crippen molar-refractivity contribution in [3.05, 3.63) is 57.6 Å². The predicted molar refractivity (Wildman–Crippen MR) is 132 cm³/mol. The number of nitrogens with one attached hydrogen (secondary N) is 1. The topological polar surface area (TPSA) is 55.2 Å². The molecule has 0 bridgehead atoms. The number of methoxy groups -OCH3 is 2. The summed E-state index contributed by atoms with van der Waals surface area (Å²) >= 11 is 0. The van der Waals surface area contributed by atoms with Crippen LogP contribution >= 0.6 is 0 Å². The van der Waals surface area contributed by atoms with E-state index in [1.807, 2.05) is 13.8 Å². The Labute approximate surface area is 187 Å². The van der Waals surface area contributed by atoms with Crippen LogP contribution in [0.15, 0.2) is 34.3 Å². The number of rotatable bonds is 8. The highest BCUT2D eigenvalue weighted by atomic mass is 16.5. The van der Waals surface area contributed by atoms with Gasteiger partial charge in [0.15, 0.2) is 0 Å². The molecule has 0 radical (unpaired) electrons. The van der Waals surface area contributed by atoms with E-state index in [4.69, 9.17) is 19.5 Å². The Kier molecular flexibility index (Phi) is 8.69. The number of aryl methyl sites for hydroxylation is 6. The first-order valence-electron chi connectivity index (χ1n) is 10.6. The first-order chi connectivity index (χ1) is 14.6. The summed E-state index contributed by atoms with van der Waals surface area (Å²) in [4.78, 5) is 9.75. The van der Waals surface area contributed by atoms with Gasteiger partial charge in [-0.15, -0.1) is 0 Å². The molecule has 0 aliphatic carbocycles. The first-order valence-corrected chi connectivity index (χ1v) is 10.6. The fourth-order valence-corrected chi connectivity index (χ4v) is 4.02. The molecule has 0 aliphatic heterocycles. The largest absolute Gasteiger partial charge is 0.361 e. The fourth-order valence-electron chi connectivity index (χ4n) is 4.02. The third-order valence-electron chi connectivity index (χ3n) is 5.38. The summed E-state index contributed by atoms with van der Waals surface area (Å²) in [7, 11) is 3.33. The van der Waals surface area contributed by atoms with Gasteiger partial charge in [-0.2, -0.15) is 0 Å². The molecule has 2 rings (SSSR count). The smallest absolute Gasteiger partial charge is 0.149 e. The van der Waals surface area contributed by atoms with Gasteiger partial charge in [-0.3, -0.25) is 15.3 Å². The second-order valence-electron chi connectivity index (χ2n) is 8.40. The van der Waals surface area contributed by atoms with E-state index >= 15 is 0 Å². The third kappa shape index (κ3) is 6.33. The van der Waals surface area contributed by atoms with Crippen LogP contribution in [0, 0.1) is 41.5 Å². The normalized spacial score (nSPS) is 14.6. The maximum Gasteiger partial charge on any atom is 0.149 e. The highest BCUT2D eigenvalue weighted by molar-refractivity contribution is 5.92. The van der Waals surface area contributed by atoms with Gasteiger partial charge in [-0.25, -0.2) is 0 Å². The second kappa shape index (κ2) is 10.8. The third-order valence-corrected chi connectivity index (χ3v) is 5.38. The molecule has 0 fully saturated rings. The predicted octanol–water partition coefficient (Wildman–Crippen LogP) is 5.96. The average molecular weight is 424 g/mol. The molecular formula is C26H37N3O2. The SMILES string of the molecule is COC(NC(OC)C(C)=Nc1c(C)cc(C)cc1C)C(C)=Nc1c(C)cc(C)cc1C. The molecule has 0 heterocycles. The van der Waals surface area contributed by atoms with Crippen LogP contribution in [0.25, 0.3) is 0 Å². The molecule has 2 aromatic carbocycles. The minimum atomic E-state index is -0.407. The molecule has 0 aromatic heterocycles. The van der Waals surface area contributed by atoms with Crippen LogP contribution in [0.2, 0.25) is 0 Å².